The quantitative estimate of drug-likeness (QED) is 0.314. The number of nitrogens with one attached hydrogen (secondary N) is 3. The van der Waals surface area contributed by atoms with Crippen LogP contribution in [0.25, 0.3) is 0 Å². The molecule has 2 aromatic rings. The first-order valence-electron chi connectivity index (χ1n) is 10.3. The molecule has 1 amide bonds. The Morgan fingerprint density at radius 2 is 2.10 bits per heavy atom. The third-order valence-electron chi connectivity index (χ3n) is 4.78. The van der Waals surface area contributed by atoms with E-state index in [4.69, 9.17) is 13.9 Å². The highest BCUT2D eigenvalue weighted by Gasteiger charge is 2.15. The second kappa shape index (κ2) is 12.0. The molecule has 1 saturated heterocycles. The molecule has 0 bridgehead atoms. The molecule has 162 valence electrons. The van der Waals surface area contributed by atoms with E-state index in [0.717, 1.165) is 57.3 Å². The Morgan fingerprint density at radius 3 is 2.80 bits per heavy atom. The van der Waals surface area contributed by atoms with Crippen molar-refractivity contribution < 1.29 is 18.7 Å². The lowest BCUT2D eigenvalue weighted by atomic mass is 10.1. The van der Waals surface area contributed by atoms with E-state index in [1.807, 2.05) is 24.3 Å². The zero-order valence-electron chi connectivity index (χ0n) is 17.4. The maximum Gasteiger partial charge on any atom is 0.291 e. The van der Waals surface area contributed by atoms with Gasteiger partial charge in [0.2, 0.25) is 0 Å². The number of guanidine groups is 1. The van der Waals surface area contributed by atoms with E-state index >= 15 is 0 Å². The minimum absolute atomic E-state index is 0.268. The van der Waals surface area contributed by atoms with Crippen LogP contribution in [0.2, 0.25) is 0 Å². The van der Waals surface area contributed by atoms with Gasteiger partial charge in [-0.1, -0.05) is 12.1 Å². The molecular formula is C22H30N4O4. The molecule has 0 radical (unpaired) electrons. The van der Waals surface area contributed by atoms with Gasteiger partial charge in [-0.2, -0.15) is 0 Å². The highest BCUT2D eigenvalue weighted by Crippen LogP contribution is 2.13. The molecule has 1 aromatic carbocycles. The Kier molecular flexibility index (Phi) is 8.74. The summed E-state index contributed by atoms with van der Waals surface area (Å²) in [4.78, 5) is 16.2. The Hall–Kier alpha value is -2.84. The second-order valence-corrected chi connectivity index (χ2v) is 7.14. The number of furan rings is 1. The third-order valence-corrected chi connectivity index (χ3v) is 4.78. The number of ether oxygens (including phenoxy) is 2. The summed E-state index contributed by atoms with van der Waals surface area (Å²) in [5.41, 5.74) is 1.79. The topological polar surface area (TPSA) is 97.1 Å². The summed E-state index contributed by atoms with van der Waals surface area (Å²) in [7, 11) is 1.75. The van der Waals surface area contributed by atoms with Crippen LogP contribution in [0.1, 0.15) is 29.0 Å². The van der Waals surface area contributed by atoms with E-state index < -0.39 is 0 Å². The molecule has 0 spiro atoms. The van der Waals surface area contributed by atoms with Crippen molar-refractivity contribution in [3.63, 3.8) is 0 Å². The molecule has 3 N–H and O–H groups in total. The van der Waals surface area contributed by atoms with Crippen LogP contribution in [-0.4, -0.2) is 51.9 Å². The van der Waals surface area contributed by atoms with Gasteiger partial charge in [-0.15, -0.1) is 0 Å². The highest BCUT2D eigenvalue weighted by molar-refractivity contribution is 6.02. The standard InChI is InChI=1S/C22H30N4O4/c1-23-22(24-10-3-11-28-15-18-9-13-29-16-18)25-14-17-5-7-19(8-6-17)26-21(27)20-4-2-12-30-20/h2,4-8,12,18H,3,9-11,13-16H2,1H3,(H,26,27)(H2,23,24,25). The number of carbonyl (C=O) groups is 1. The van der Waals surface area contributed by atoms with Crippen molar-refractivity contribution in [2.45, 2.75) is 19.4 Å². The van der Waals surface area contributed by atoms with Gasteiger partial charge in [0, 0.05) is 45.0 Å². The summed E-state index contributed by atoms with van der Waals surface area (Å²) in [6.45, 7) is 4.62. The zero-order valence-corrected chi connectivity index (χ0v) is 17.4. The number of amides is 1. The third kappa shape index (κ3) is 7.20. The van der Waals surface area contributed by atoms with Crippen molar-refractivity contribution in [1.29, 1.82) is 0 Å². The monoisotopic (exact) mass is 414 g/mol. The fourth-order valence-electron chi connectivity index (χ4n) is 3.06. The number of aliphatic imine (C=N–C) groups is 1. The van der Waals surface area contributed by atoms with Crippen molar-refractivity contribution in [3.8, 4) is 0 Å². The lowest BCUT2D eigenvalue weighted by Crippen LogP contribution is -2.37. The predicted octanol–water partition coefficient (Wildman–Crippen LogP) is 2.64. The number of rotatable bonds is 10. The lowest BCUT2D eigenvalue weighted by molar-refractivity contribution is 0.0888. The number of anilines is 1. The number of hydrogen-bond acceptors (Lipinski definition) is 5. The minimum atomic E-state index is -0.268. The molecule has 1 aliphatic heterocycles. The molecular weight excluding hydrogens is 384 g/mol. The average molecular weight is 415 g/mol. The first-order valence-corrected chi connectivity index (χ1v) is 10.3. The van der Waals surface area contributed by atoms with Crippen LogP contribution in [0.4, 0.5) is 5.69 Å². The molecule has 3 rings (SSSR count). The van der Waals surface area contributed by atoms with Gasteiger partial charge in [0.15, 0.2) is 11.7 Å². The van der Waals surface area contributed by atoms with Gasteiger partial charge in [0.05, 0.1) is 19.5 Å². The number of carbonyl (C=O) groups excluding carboxylic acids is 1. The normalized spacial score (nSPS) is 16.4. The number of nitrogens with zero attached hydrogens (tertiary/aromatic N) is 1. The lowest BCUT2D eigenvalue weighted by Gasteiger charge is -2.13. The zero-order chi connectivity index (χ0) is 21.0. The molecule has 1 fully saturated rings. The van der Waals surface area contributed by atoms with Crippen LogP contribution < -0.4 is 16.0 Å². The van der Waals surface area contributed by atoms with Crippen LogP contribution in [0.3, 0.4) is 0 Å². The molecule has 2 heterocycles. The van der Waals surface area contributed by atoms with Gasteiger partial charge >= 0.3 is 0 Å². The van der Waals surface area contributed by atoms with Crippen molar-refractivity contribution in [2.24, 2.45) is 10.9 Å². The summed E-state index contributed by atoms with van der Waals surface area (Å²) in [6, 6.07) is 10.9. The summed E-state index contributed by atoms with van der Waals surface area (Å²) < 4.78 is 16.1. The van der Waals surface area contributed by atoms with E-state index in [2.05, 4.69) is 20.9 Å². The highest BCUT2D eigenvalue weighted by atomic mass is 16.5. The van der Waals surface area contributed by atoms with Crippen LogP contribution in [0.15, 0.2) is 52.1 Å². The van der Waals surface area contributed by atoms with E-state index in [1.54, 1.807) is 19.2 Å². The maximum atomic E-state index is 12.0. The van der Waals surface area contributed by atoms with Crippen molar-refractivity contribution in [3.05, 3.63) is 54.0 Å². The fourth-order valence-corrected chi connectivity index (χ4v) is 3.06. The number of hydrogen-bond donors (Lipinski definition) is 3. The molecule has 0 saturated carbocycles. The van der Waals surface area contributed by atoms with Crippen molar-refractivity contribution in [2.75, 3.05) is 45.3 Å². The van der Waals surface area contributed by atoms with Crippen molar-refractivity contribution >= 4 is 17.6 Å². The van der Waals surface area contributed by atoms with E-state index in [0.29, 0.717) is 18.2 Å². The predicted molar refractivity (Wildman–Crippen MR) is 116 cm³/mol. The van der Waals surface area contributed by atoms with Crippen LogP contribution in [0, 0.1) is 5.92 Å². The first-order chi connectivity index (χ1) is 14.7. The Balaban J connectivity index is 1.30. The Morgan fingerprint density at radius 1 is 1.23 bits per heavy atom. The first kappa shape index (κ1) is 21.9. The Bertz CT molecular complexity index is 784. The van der Waals surface area contributed by atoms with E-state index in [9.17, 15) is 4.79 Å². The Labute approximate surface area is 177 Å². The van der Waals surface area contributed by atoms with E-state index in [1.165, 1.54) is 6.26 Å². The molecule has 30 heavy (non-hydrogen) atoms. The van der Waals surface area contributed by atoms with Gasteiger partial charge in [-0.25, -0.2) is 0 Å². The maximum absolute atomic E-state index is 12.0. The minimum Gasteiger partial charge on any atom is -0.459 e. The number of benzene rings is 1. The molecule has 1 aliphatic rings. The van der Waals surface area contributed by atoms with Gasteiger partial charge < -0.3 is 29.8 Å². The molecule has 8 nitrogen and oxygen atoms in total. The summed E-state index contributed by atoms with van der Waals surface area (Å²) in [5.74, 6) is 1.32. The van der Waals surface area contributed by atoms with Gasteiger partial charge in [0.25, 0.3) is 5.91 Å². The molecule has 1 aromatic heterocycles. The molecule has 1 atom stereocenters. The van der Waals surface area contributed by atoms with Gasteiger partial charge in [0.1, 0.15) is 0 Å². The smallest absolute Gasteiger partial charge is 0.291 e. The van der Waals surface area contributed by atoms with Crippen LogP contribution >= 0.6 is 0 Å². The summed E-state index contributed by atoms with van der Waals surface area (Å²) in [6.07, 6.45) is 3.49. The largest absolute Gasteiger partial charge is 0.459 e. The van der Waals surface area contributed by atoms with Crippen LogP contribution in [-0.2, 0) is 16.0 Å². The fraction of sp³-hybridized carbons (Fsp3) is 0.455. The average Bonchev–Trinajstić information content (AvgIpc) is 3.48. The SMILES string of the molecule is CN=C(NCCCOCC1CCOC1)NCc1ccc(NC(=O)c2ccco2)cc1. The molecule has 1 unspecified atom stereocenters. The molecule has 8 heteroatoms. The molecule has 0 aliphatic carbocycles. The van der Waals surface area contributed by atoms with Gasteiger partial charge in [-0.3, -0.25) is 9.79 Å². The van der Waals surface area contributed by atoms with E-state index in [-0.39, 0.29) is 11.7 Å². The summed E-state index contributed by atoms with van der Waals surface area (Å²) >= 11 is 0. The summed E-state index contributed by atoms with van der Waals surface area (Å²) in [5, 5.41) is 9.37. The van der Waals surface area contributed by atoms with Crippen LogP contribution in [0.5, 0.6) is 0 Å². The second-order valence-electron chi connectivity index (χ2n) is 7.14. The van der Waals surface area contributed by atoms with Crippen molar-refractivity contribution in [1.82, 2.24) is 10.6 Å². The van der Waals surface area contributed by atoms with Gasteiger partial charge in [-0.05, 0) is 42.7 Å².